The van der Waals surface area contributed by atoms with Crippen LogP contribution >= 0.6 is 11.8 Å². The average Bonchev–Trinajstić information content (AvgIpc) is 2.24. The molecule has 2 nitrogen and oxygen atoms in total. The maximum atomic E-state index is 10.4. The van der Waals surface area contributed by atoms with E-state index < -0.39 is 0 Å². The van der Waals surface area contributed by atoms with Gasteiger partial charge in [0.05, 0.1) is 6.26 Å². The van der Waals surface area contributed by atoms with Gasteiger partial charge in [-0.15, -0.1) is 0 Å². The minimum absolute atomic E-state index is 0.310. The molecule has 0 unspecified atom stereocenters. The summed E-state index contributed by atoms with van der Waals surface area (Å²) in [6.07, 6.45) is 4.86. The summed E-state index contributed by atoms with van der Waals surface area (Å²) in [5.74, 6) is -0.310. The Hall–Kier alpha value is -1.48. The van der Waals surface area contributed by atoms with Crippen molar-refractivity contribution in [3.8, 4) is 0 Å². The smallest absolute Gasteiger partial charge is 0.307 e. The van der Waals surface area contributed by atoms with Gasteiger partial charge in [-0.1, -0.05) is 36.0 Å². The van der Waals surface area contributed by atoms with Crippen LogP contribution in [0.15, 0.2) is 59.0 Å². The quantitative estimate of drug-likeness (QED) is 0.337. The zero-order valence-corrected chi connectivity index (χ0v) is 9.24. The highest BCUT2D eigenvalue weighted by molar-refractivity contribution is 8.02. The molecule has 0 fully saturated rings. The summed E-state index contributed by atoms with van der Waals surface area (Å²) in [7, 11) is 0. The Kier molecular flexibility index (Phi) is 5.33. The normalized spacial score (nSPS) is 11.0. The molecule has 0 aliphatic carbocycles. The number of benzene rings is 1. The minimum atomic E-state index is -0.310. The summed E-state index contributed by atoms with van der Waals surface area (Å²) in [6, 6.07) is 10.0. The molecule has 0 spiro atoms. The van der Waals surface area contributed by atoms with Crippen LogP contribution in [0, 0.1) is 0 Å². The van der Waals surface area contributed by atoms with Gasteiger partial charge >= 0.3 is 5.97 Å². The first-order valence-electron chi connectivity index (χ1n) is 4.49. The molecule has 0 aliphatic rings. The van der Waals surface area contributed by atoms with Crippen molar-refractivity contribution in [3.05, 3.63) is 54.2 Å². The molecule has 15 heavy (non-hydrogen) atoms. The zero-order valence-electron chi connectivity index (χ0n) is 8.42. The molecule has 0 atom stereocenters. The van der Waals surface area contributed by atoms with Crippen LogP contribution in [0.4, 0.5) is 0 Å². The highest BCUT2D eigenvalue weighted by Crippen LogP contribution is 2.17. The summed E-state index contributed by atoms with van der Waals surface area (Å²) in [5.41, 5.74) is 0. The lowest BCUT2D eigenvalue weighted by Crippen LogP contribution is -1.88. The van der Waals surface area contributed by atoms with E-state index in [1.165, 1.54) is 18.1 Å². The van der Waals surface area contributed by atoms with Gasteiger partial charge in [0, 0.05) is 11.8 Å². The SMILES string of the molecule is CC(=O)O/C=C/C=C/Sc1ccccc1. The zero-order chi connectivity index (χ0) is 10.9. The fourth-order valence-electron chi connectivity index (χ4n) is 0.843. The highest BCUT2D eigenvalue weighted by Gasteiger charge is 1.85. The van der Waals surface area contributed by atoms with E-state index >= 15 is 0 Å². The summed E-state index contributed by atoms with van der Waals surface area (Å²) in [5, 5.41) is 1.93. The van der Waals surface area contributed by atoms with Crippen LogP contribution in [0.5, 0.6) is 0 Å². The van der Waals surface area contributed by atoms with E-state index in [4.69, 9.17) is 0 Å². The van der Waals surface area contributed by atoms with Gasteiger partial charge < -0.3 is 4.74 Å². The van der Waals surface area contributed by atoms with Gasteiger partial charge in [0.25, 0.3) is 0 Å². The van der Waals surface area contributed by atoms with E-state index in [-0.39, 0.29) is 5.97 Å². The van der Waals surface area contributed by atoms with Crippen molar-refractivity contribution in [2.24, 2.45) is 0 Å². The van der Waals surface area contributed by atoms with Crippen molar-refractivity contribution in [1.29, 1.82) is 0 Å². The van der Waals surface area contributed by atoms with Crippen LogP contribution in [0.2, 0.25) is 0 Å². The molecular formula is C12H12O2S. The molecule has 3 heteroatoms. The Labute approximate surface area is 93.6 Å². The summed E-state index contributed by atoms with van der Waals surface area (Å²) in [6.45, 7) is 1.37. The molecule has 0 amide bonds. The van der Waals surface area contributed by atoms with E-state index in [1.54, 1.807) is 17.8 Å². The van der Waals surface area contributed by atoms with Gasteiger partial charge in [-0.3, -0.25) is 4.79 Å². The van der Waals surface area contributed by atoms with Gasteiger partial charge in [0.2, 0.25) is 0 Å². The van der Waals surface area contributed by atoms with Crippen LogP contribution in [0.3, 0.4) is 0 Å². The Morgan fingerprint density at radius 3 is 2.67 bits per heavy atom. The predicted molar refractivity (Wildman–Crippen MR) is 62.3 cm³/mol. The standard InChI is InChI=1S/C12H12O2S/c1-11(13)14-9-5-6-10-15-12-7-3-2-4-8-12/h2-10H,1H3/b9-5+,10-6+. The first-order chi connectivity index (χ1) is 7.29. The van der Waals surface area contributed by atoms with Crippen LogP contribution < -0.4 is 0 Å². The van der Waals surface area contributed by atoms with Gasteiger partial charge in [-0.05, 0) is 23.6 Å². The number of carbonyl (C=O) groups is 1. The lowest BCUT2D eigenvalue weighted by Gasteiger charge is -1.92. The topological polar surface area (TPSA) is 26.3 Å². The first kappa shape index (κ1) is 11.6. The monoisotopic (exact) mass is 220 g/mol. The second-order valence-electron chi connectivity index (χ2n) is 2.70. The fourth-order valence-corrected chi connectivity index (χ4v) is 1.48. The average molecular weight is 220 g/mol. The molecule has 0 heterocycles. The molecule has 1 rings (SSSR count). The van der Waals surface area contributed by atoms with E-state index in [9.17, 15) is 4.79 Å². The molecule has 0 saturated carbocycles. The molecular weight excluding hydrogens is 208 g/mol. The maximum absolute atomic E-state index is 10.4. The molecule has 1 aromatic rings. The number of esters is 1. The van der Waals surface area contributed by atoms with Crippen LogP contribution in [0.25, 0.3) is 0 Å². The van der Waals surface area contributed by atoms with Crippen molar-refractivity contribution in [2.75, 3.05) is 0 Å². The predicted octanol–water partition coefficient (Wildman–Crippen LogP) is 3.37. The van der Waals surface area contributed by atoms with Crippen molar-refractivity contribution in [1.82, 2.24) is 0 Å². The fraction of sp³-hybridized carbons (Fsp3) is 0.0833. The maximum Gasteiger partial charge on any atom is 0.307 e. The molecule has 0 aromatic heterocycles. The second-order valence-corrected chi connectivity index (χ2v) is 3.68. The molecule has 0 aliphatic heterocycles. The van der Waals surface area contributed by atoms with Crippen LogP contribution in [0.1, 0.15) is 6.92 Å². The third kappa shape index (κ3) is 5.75. The third-order valence-electron chi connectivity index (χ3n) is 1.45. The van der Waals surface area contributed by atoms with E-state index in [0.717, 1.165) is 0 Å². The summed E-state index contributed by atoms with van der Waals surface area (Å²) >= 11 is 1.61. The van der Waals surface area contributed by atoms with Crippen molar-refractivity contribution in [2.45, 2.75) is 11.8 Å². The van der Waals surface area contributed by atoms with E-state index in [1.807, 2.05) is 41.8 Å². The molecule has 78 valence electrons. The number of thioether (sulfide) groups is 1. The number of hydrogen-bond acceptors (Lipinski definition) is 3. The third-order valence-corrected chi connectivity index (χ3v) is 2.29. The summed E-state index contributed by atoms with van der Waals surface area (Å²) in [4.78, 5) is 11.6. The van der Waals surface area contributed by atoms with Crippen molar-refractivity contribution >= 4 is 17.7 Å². The summed E-state index contributed by atoms with van der Waals surface area (Å²) < 4.78 is 4.61. The van der Waals surface area contributed by atoms with Crippen molar-refractivity contribution < 1.29 is 9.53 Å². The number of carbonyl (C=O) groups excluding carboxylic acids is 1. The number of hydrogen-bond donors (Lipinski definition) is 0. The molecule has 0 saturated heterocycles. The van der Waals surface area contributed by atoms with Gasteiger partial charge in [0.1, 0.15) is 0 Å². The van der Waals surface area contributed by atoms with E-state index in [0.29, 0.717) is 0 Å². The number of rotatable bonds is 4. The lowest BCUT2D eigenvalue weighted by atomic mass is 10.4. The van der Waals surface area contributed by atoms with Crippen LogP contribution in [-0.2, 0) is 9.53 Å². The Morgan fingerprint density at radius 1 is 1.27 bits per heavy atom. The molecule has 0 bridgehead atoms. The van der Waals surface area contributed by atoms with Crippen LogP contribution in [-0.4, -0.2) is 5.97 Å². The van der Waals surface area contributed by atoms with Gasteiger partial charge in [0.15, 0.2) is 0 Å². The van der Waals surface area contributed by atoms with Crippen molar-refractivity contribution in [3.63, 3.8) is 0 Å². The molecule has 0 N–H and O–H groups in total. The first-order valence-corrected chi connectivity index (χ1v) is 5.37. The molecule has 0 radical (unpaired) electrons. The second kappa shape index (κ2) is 6.90. The lowest BCUT2D eigenvalue weighted by molar-refractivity contribution is -0.135. The largest absolute Gasteiger partial charge is 0.435 e. The van der Waals surface area contributed by atoms with Gasteiger partial charge in [-0.2, -0.15) is 0 Å². The minimum Gasteiger partial charge on any atom is -0.435 e. The number of allylic oxidation sites excluding steroid dienone is 2. The Balaban J connectivity index is 2.28. The van der Waals surface area contributed by atoms with E-state index in [2.05, 4.69) is 4.74 Å². The van der Waals surface area contributed by atoms with Gasteiger partial charge in [-0.25, -0.2) is 0 Å². The highest BCUT2D eigenvalue weighted by atomic mass is 32.2. The number of ether oxygens (including phenoxy) is 1. The Morgan fingerprint density at radius 2 is 2.00 bits per heavy atom. The molecule has 1 aromatic carbocycles. The Bertz CT molecular complexity index is 355.